The van der Waals surface area contributed by atoms with E-state index in [-0.39, 0.29) is 9.52 Å². The molecule has 2 unspecified atom stereocenters. The Morgan fingerprint density at radius 1 is 1.44 bits per heavy atom. The number of hydrogen-bond acceptors (Lipinski definition) is 2. The summed E-state index contributed by atoms with van der Waals surface area (Å²) in [7, 11) is -0.185. The van der Waals surface area contributed by atoms with E-state index in [9.17, 15) is 4.79 Å². The first-order chi connectivity index (χ1) is 7.53. The number of carbonyl (C=O) groups is 1. The van der Waals surface area contributed by atoms with Gasteiger partial charge >= 0.3 is 0 Å². The van der Waals surface area contributed by atoms with Gasteiger partial charge in [0.25, 0.3) is 0 Å². The summed E-state index contributed by atoms with van der Waals surface area (Å²) in [6.07, 6.45) is 7.03. The molecule has 0 saturated carbocycles. The summed E-state index contributed by atoms with van der Waals surface area (Å²) in [5.41, 5.74) is 0.700. The van der Waals surface area contributed by atoms with Crippen LogP contribution in [0.15, 0.2) is 0 Å². The molecule has 0 aromatic rings. The topological polar surface area (TPSA) is 26.3 Å². The van der Waals surface area contributed by atoms with Gasteiger partial charge in [0.2, 0.25) is 0 Å². The van der Waals surface area contributed by atoms with Gasteiger partial charge in [0.15, 0.2) is 0 Å². The van der Waals surface area contributed by atoms with Crippen molar-refractivity contribution in [3.8, 4) is 0 Å². The van der Waals surface area contributed by atoms with E-state index in [0.29, 0.717) is 23.1 Å². The third-order valence-corrected chi connectivity index (χ3v) is 5.95. The summed E-state index contributed by atoms with van der Waals surface area (Å²) in [5, 5.41) is 0.467. The zero-order valence-corrected chi connectivity index (χ0v) is 12.4. The van der Waals surface area contributed by atoms with Crippen molar-refractivity contribution in [2.75, 3.05) is 6.61 Å². The van der Waals surface area contributed by atoms with Crippen LogP contribution < -0.4 is 0 Å². The van der Waals surface area contributed by atoms with Crippen LogP contribution in [0.1, 0.15) is 52.9 Å². The molecular weight excluding hydrogens is 216 g/mol. The molecular formula is C13H26O2Si. The van der Waals surface area contributed by atoms with Crippen molar-refractivity contribution >= 4 is 15.8 Å². The Morgan fingerprint density at radius 2 is 2.19 bits per heavy atom. The second-order valence-electron chi connectivity index (χ2n) is 6.17. The first-order valence-electron chi connectivity index (χ1n) is 6.58. The Kier molecular flexibility index (Phi) is 5.69. The number of hydrogen-bond donors (Lipinski definition) is 0. The van der Waals surface area contributed by atoms with Crippen LogP contribution in [0.3, 0.4) is 0 Å². The molecule has 1 rings (SSSR count). The number of rotatable bonds is 5. The Balaban J connectivity index is 2.50. The summed E-state index contributed by atoms with van der Waals surface area (Å²) in [4.78, 5) is 10.5. The molecule has 94 valence electrons. The molecule has 0 radical (unpaired) electrons. The summed E-state index contributed by atoms with van der Waals surface area (Å²) in [6, 6.07) is 0. The van der Waals surface area contributed by atoms with Crippen LogP contribution >= 0.6 is 0 Å². The fourth-order valence-corrected chi connectivity index (χ4v) is 5.27. The van der Waals surface area contributed by atoms with Crippen LogP contribution in [0.2, 0.25) is 10.6 Å². The van der Waals surface area contributed by atoms with Gasteiger partial charge in [-0.3, -0.25) is 0 Å². The summed E-state index contributed by atoms with van der Waals surface area (Å²) in [5.74, 6) is 0. The lowest BCUT2D eigenvalue weighted by Gasteiger charge is -2.34. The molecule has 0 aromatic carbocycles. The quantitative estimate of drug-likeness (QED) is 0.547. The maximum absolute atomic E-state index is 10.5. The van der Waals surface area contributed by atoms with Gasteiger partial charge in [0, 0.05) is 22.5 Å². The highest BCUT2D eigenvalue weighted by molar-refractivity contribution is 6.41. The molecule has 0 N–H and O–H groups in total. The molecule has 0 spiro atoms. The number of ether oxygens (including phenoxy) is 1. The zero-order valence-electron chi connectivity index (χ0n) is 11.0. The lowest BCUT2D eigenvalue weighted by Crippen LogP contribution is -2.30. The minimum absolute atomic E-state index is 0.185. The highest BCUT2D eigenvalue weighted by atomic mass is 28.2. The first kappa shape index (κ1) is 13.9. The summed E-state index contributed by atoms with van der Waals surface area (Å²) < 4.78 is 5.90. The first-order valence-corrected chi connectivity index (χ1v) is 8.10. The van der Waals surface area contributed by atoms with Crippen molar-refractivity contribution in [1.29, 1.82) is 0 Å². The number of carbonyl (C=O) groups excluding carboxylic acids is 1. The van der Waals surface area contributed by atoms with E-state index < -0.39 is 0 Å². The van der Waals surface area contributed by atoms with Gasteiger partial charge in [-0.25, -0.2) is 0 Å². The standard InChI is InChI=1S/C13H26O2Si/c1-13(2,3)16-12(8-6-9-14)11-7-4-5-10-15-11/h9,11-12H,4-8,10,16H2,1-3H3. The Hall–Kier alpha value is -0.153. The molecule has 2 nitrogen and oxygen atoms in total. The third kappa shape index (κ3) is 5.26. The van der Waals surface area contributed by atoms with E-state index in [4.69, 9.17) is 4.74 Å². The lowest BCUT2D eigenvalue weighted by molar-refractivity contribution is -0.108. The van der Waals surface area contributed by atoms with Gasteiger partial charge in [-0.15, -0.1) is 0 Å². The van der Waals surface area contributed by atoms with E-state index >= 15 is 0 Å². The van der Waals surface area contributed by atoms with Crippen LogP contribution in [0.25, 0.3) is 0 Å². The molecule has 1 saturated heterocycles. The second-order valence-corrected chi connectivity index (χ2v) is 9.75. The van der Waals surface area contributed by atoms with Crippen molar-refractivity contribution in [2.24, 2.45) is 0 Å². The van der Waals surface area contributed by atoms with E-state index in [1.54, 1.807) is 0 Å². The molecule has 3 heteroatoms. The third-order valence-electron chi connectivity index (χ3n) is 3.27. The number of aldehydes is 1. The van der Waals surface area contributed by atoms with Crippen LogP contribution in [0.5, 0.6) is 0 Å². The zero-order chi connectivity index (χ0) is 12.0. The molecule has 1 aliphatic heterocycles. The van der Waals surface area contributed by atoms with Crippen LogP contribution in [-0.4, -0.2) is 28.5 Å². The molecule has 0 amide bonds. The van der Waals surface area contributed by atoms with Crippen molar-refractivity contribution in [1.82, 2.24) is 0 Å². The van der Waals surface area contributed by atoms with Crippen molar-refractivity contribution in [3.63, 3.8) is 0 Å². The fourth-order valence-electron chi connectivity index (χ4n) is 2.63. The van der Waals surface area contributed by atoms with E-state index in [1.165, 1.54) is 19.3 Å². The monoisotopic (exact) mass is 242 g/mol. The van der Waals surface area contributed by atoms with Crippen LogP contribution in [0.4, 0.5) is 0 Å². The smallest absolute Gasteiger partial charge is 0.119 e. The van der Waals surface area contributed by atoms with Gasteiger partial charge in [-0.2, -0.15) is 0 Å². The largest absolute Gasteiger partial charge is 0.378 e. The van der Waals surface area contributed by atoms with E-state index in [0.717, 1.165) is 19.3 Å². The average molecular weight is 242 g/mol. The second kappa shape index (κ2) is 6.55. The lowest BCUT2D eigenvalue weighted by atomic mass is 10.0. The van der Waals surface area contributed by atoms with Crippen molar-refractivity contribution in [2.45, 2.75) is 69.6 Å². The molecule has 2 atom stereocenters. The maximum Gasteiger partial charge on any atom is 0.119 e. The van der Waals surface area contributed by atoms with Crippen LogP contribution in [-0.2, 0) is 9.53 Å². The van der Waals surface area contributed by atoms with E-state index in [1.807, 2.05) is 0 Å². The Morgan fingerprint density at radius 3 is 2.69 bits per heavy atom. The summed E-state index contributed by atoms with van der Waals surface area (Å²) in [6.45, 7) is 7.92. The predicted octanol–water partition coefficient (Wildman–Crippen LogP) is 2.71. The molecule has 1 aliphatic rings. The molecule has 1 heterocycles. The Labute approximate surface area is 102 Å². The van der Waals surface area contributed by atoms with Gasteiger partial charge in [0.1, 0.15) is 6.29 Å². The maximum atomic E-state index is 10.5. The minimum atomic E-state index is -0.185. The SMILES string of the molecule is CC(C)(C)[SiH2]C(CCC=O)C1CCCCO1. The highest BCUT2D eigenvalue weighted by Gasteiger charge is 2.28. The molecule has 0 aliphatic carbocycles. The molecule has 0 aromatic heterocycles. The van der Waals surface area contributed by atoms with Crippen molar-refractivity contribution < 1.29 is 9.53 Å². The molecule has 0 bridgehead atoms. The molecule has 1 fully saturated rings. The van der Waals surface area contributed by atoms with Crippen molar-refractivity contribution in [3.05, 3.63) is 0 Å². The predicted molar refractivity (Wildman–Crippen MR) is 70.9 cm³/mol. The fraction of sp³-hybridized carbons (Fsp3) is 0.923. The highest BCUT2D eigenvalue weighted by Crippen LogP contribution is 2.34. The van der Waals surface area contributed by atoms with E-state index in [2.05, 4.69) is 20.8 Å². The summed E-state index contributed by atoms with van der Waals surface area (Å²) >= 11 is 0. The van der Waals surface area contributed by atoms with Gasteiger partial charge in [-0.05, 0) is 36.3 Å². The molecule has 16 heavy (non-hydrogen) atoms. The minimum Gasteiger partial charge on any atom is -0.378 e. The normalized spacial score (nSPS) is 24.8. The van der Waals surface area contributed by atoms with Gasteiger partial charge in [0.05, 0.1) is 6.10 Å². The van der Waals surface area contributed by atoms with Gasteiger partial charge in [-0.1, -0.05) is 20.8 Å². The van der Waals surface area contributed by atoms with Crippen LogP contribution in [0, 0.1) is 0 Å². The average Bonchev–Trinajstić information content (AvgIpc) is 2.24. The Bertz CT molecular complexity index is 204. The van der Waals surface area contributed by atoms with Gasteiger partial charge < -0.3 is 9.53 Å².